The second-order valence-corrected chi connectivity index (χ2v) is 5.32. The number of amides is 2. The van der Waals surface area contributed by atoms with Gasteiger partial charge in [-0.3, -0.25) is 14.9 Å². The molecule has 0 radical (unpaired) electrons. The SMILES string of the molecule is O=C1NC(=O)C(c2ccc(OCS)cc2)C1c1ccccc1. The van der Waals surface area contributed by atoms with Gasteiger partial charge in [-0.25, -0.2) is 0 Å². The molecule has 2 amide bonds. The summed E-state index contributed by atoms with van der Waals surface area (Å²) in [5.41, 5.74) is 1.63. The van der Waals surface area contributed by atoms with Crippen molar-refractivity contribution in [3.8, 4) is 5.75 Å². The zero-order valence-corrected chi connectivity index (χ0v) is 12.6. The van der Waals surface area contributed by atoms with Crippen molar-refractivity contribution in [1.29, 1.82) is 0 Å². The number of rotatable bonds is 4. The van der Waals surface area contributed by atoms with Gasteiger partial charge in [-0.05, 0) is 23.3 Å². The second kappa shape index (κ2) is 6.23. The minimum atomic E-state index is -0.514. The van der Waals surface area contributed by atoms with Gasteiger partial charge in [-0.2, -0.15) is 0 Å². The number of imide groups is 1. The van der Waals surface area contributed by atoms with Crippen molar-refractivity contribution in [1.82, 2.24) is 5.32 Å². The van der Waals surface area contributed by atoms with E-state index in [0.717, 1.165) is 11.1 Å². The lowest BCUT2D eigenvalue weighted by Crippen LogP contribution is -2.21. The maximum absolute atomic E-state index is 12.2. The Hall–Kier alpha value is -2.27. The topological polar surface area (TPSA) is 55.4 Å². The van der Waals surface area contributed by atoms with E-state index in [1.54, 1.807) is 12.1 Å². The number of carbonyl (C=O) groups excluding carboxylic acids is 2. The summed E-state index contributed by atoms with van der Waals surface area (Å²) in [6.07, 6.45) is 0. The molecule has 1 fully saturated rings. The van der Waals surface area contributed by atoms with Crippen molar-refractivity contribution < 1.29 is 14.3 Å². The molecule has 0 spiro atoms. The second-order valence-electron chi connectivity index (χ2n) is 5.06. The fourth-order valence-electron chi connectivity index (χ4n) is 2.77. The highest BCUT2D eigenvalue weighted by molar-refractivity contribution is 7.80. The molecule has 1 saturated heterocycles. The van der Waals surface area contributed by atoms with Crippen LogP contribution in [0.15, 0.2) is 54.6 Å². The van der Waals surface area contributed by atoms with Crippen LogP contribution < -0.4 is 10.1 Å². The zero-order chi connectivity index (χ0) is 15.5. The van der Waals surface area contributed by atoms with E-state index < -0.39 is 11.8 Å². The van der Waals surface area contributed by atoms with Crippen LogP contribution in [0, 0.1) is 0 Å². The smallest absolute Gasteiger partial charge is 0.235 e. The van der Waals surface area contributed by atoms with Gasteiger partial charge in [-0.1, -0.05) is 42.5 Å². The van der Waals surface area contributed by atoms with Gasteiger partial charge >= 0.3 is 0 Å². The van der Waals surface area contributed by atoms with E-state index in [0.29, 0.717) is 5.75 Å². The average molecular weight is 313 g/mol. The minimum absolute atomic E-state index is 0.253. The molecular weight excluding hydrogens is 298 g/mol. The number of ether oxygens (including phenoxy) is 1. The maximum atomic E-state index is 12.2. The van der Waals surface area contributed by atoms with E-state index in [1.165, 1.54) is 0 Å². The van der Waals surface area contributed by atoms with E-state index in [2.05, 4.69) is 17.9 Å². The molecule has 22 heavy (non-hydrogen) atoms. The van der Waals surface area contributed by atoms with Crippen LogP contribution in [0.3, 0.4) is 0 Å². The summed E-state index contributed by atoms with van der Waals surface area (Å²) in [4.78, 5) is 24.4. The molecule has 0 saturated carbocycles. The van der Waals surface area contributed by atoms with Crippen molar-refractivity contribution in [3.63, 3.8) is 0 Å². The first-order valence-corrected chi connectivity index (χ1v) is 7.57. The number of hydrogen-bond donors (Lipinski definition) is 2. The molecule has 1 heterocycles. The van der Waals surface area contributed by atoms with Gasteiger partial charge in [0, 0.05) is 0 Å². The van der Waals surface area contributed by atoms with Crippen LogP contribution in [0.5, 0.6) is 5.75 Å². The highest BCUT2D eigenvalue weighted by atomic mass is 32.1. The van der Waals surface area contributed by atoms with Crippen LogP contribution in [0.2, 0.25) is 0 Å². The third kappa shape index (κ3) is 2.72. The van der Waals surface area contributed by atoms with Crippen LogP contribution >= 0.6 is 12.6 Å². The van der Waals surface area contributed by atoms with E-state index in [9.17, 15) is 9.59 Å². The zero-order valence-electron chi connectivity index (χ0n) is 11.7. The molecule has 2 unspecified atom stereocenters. The molecule has 2 atom stereocenters. The summed E-state index contributed by atoms with van der Waals surface area (Å²) in [7, 11) is 0. The Kier molecular flexibility index (Phi) is 4.15. The summed E-state index contributed by atoms with van der Waals surface area (Å²) < 4.78 is 5.28. The van der Waals surface area contributed by atoms with Gasteiger partial charge in [0.15, 0.2) is 0 Å². The monoisotopic (exact) mass is 313 g/mol. The highest BCUT2D eigenvalue weighted by Gasteiger charge is 2.43. The Bertz CT molecular complexity index is 685. The van der Waals surface area contributed by atoms with Gasteiger partial charge in [0.1, 0.15) is 11.7 Å². The first kappa shape index (κ1) is 14.7. The molecule has 0 bridgehead atoms. The van der Waals surface area contributed by atoms with Crippen LogP contribution in [0.1, 0.15) is 23.0 Å². The highest BCUT2D eigenvalue weighted by Crippen LogP contribution is 2.37. The first-order chi connectivity index (χ1) is 10.7. The normalized spacial score (nSPS) is 20.8. The lowest BCUT2D eigenvalue weighted by Gasteiger charge is -2.16. The standard InChI is InChI=1S/C17H15NO3S/c19-16-14(11-4-2-1-3-5-11)15(17(20)18-16)12-6-8-13(9-7-12)21-10-22/h1-9,14-15,22H,10H2,(H,18,19,20). The maximum Gasteiger partial charge on any atom is 0.235 e. The number of carbonyl (C=O) groups is 2. The van der Waals surface area contributed by atoms with Gasteiger partial charge in [0.2, 0.25) is 11.8 Å². The largest absolute Gasteiger partial charge is 0.483 e. The fraction of sp³-hybridized carbons (Fsp3) is 0.176. The molecule has 1 aliphatic rings. The number of thiol groups is 1. The predicted octanol–water partition coefficient (Wildman–Crippen LogP) is 2.48. The lowest BCUT2D eigenvalue weighted by atomic mass is 9.83. The summed E-state index contributed by atoms with van der Waals surface area (Å²) in [6, 6.07) is 16.6. The summed E-state index contributed by atoms with van der Waals surface area (Å²) in [5, 5.41) is 2.43. The Morgan fingerprint density at radius 2 is 1.41 bits per heavy atom. The molecule has 5 heteroatoms. The van der Waals surface area contributed by atoms with Crippen molar-refractivity contribution in [2.24, 2.45) is 0 Å². The van der Waals surface area contributed by atoms with E-state index in [-0.39, 0.29) is 17.8 Å². The van der Waals surface area contributed by atoms with E-state index in [4.69, 9.17) is 4.74 Å². The molecule has 0 aliphatic carbocycles. The molecule has 3 rings (SSSR count). The molecule has 4 nitrogen and oxygen atoms in total. The number of nitrogens with one attached hydrogen (secondary N) is 1. The van der Waals surface area contributed by atoms with Crippen LogP contribution in [0.25, 0.3) is 0 Å². The van der Waals surface area contributed by atoms with Gasteiger partial charge in [0.25, 0.3) is 0 Å². The number of benzene rings is 2. The Morgan fingerprint density at radius 1 is 0.864 bits per heavy atom. The quantitative estimate of drug-likeness (QED) is 0.518. The molecule has 0 aromatic heterocycles. The van der Waals surface area contributed by atoms with Crippen LogP contribution in [-0.4, -0.2) is 17.8 Å². The van der Waals surface area contributed by atoms with Gasteiger partial charge < -0.3 is 4.74 Å². The first-order valence-electron chi connectivity index (χ1n) is 6.94. The van der Waals surface area contributed by atoms with Gasteiger partial charge in [0.05, 0.1) is 11.8 Å². The third-order valence-corrected chi connectivity index (χ3v) is 3.90. The van der Waals surface area contributed by atoms with E-state index in [1.807, 2.05) is 42.5 Å². The Morgan fingerprint density at radius 3 is 1.95 bits per heavy atom. The summed E-state index contributed by atoms with van der Waals surface area (Å²) in [6.45, 7) is 0. The van der Waals surface area contributed by atoms with E-state index >= 15 is 0 Å². The van der Waals surface area contributed by atoms with Crippen LogP contribution in [0.4, 0.5) is 0 Å². The van der Waals surface area contributed by atoms with Crippen molar-refractivity contribution in [2.45, 2.75) is 11.8 Å². The fourth-order valence-corrected chi connectivity index (χ4v) is 2.92. The number of hydrogen-bond acceptors (Lipinski definition) is 4. The third-order valence-electron chi connectivity index (χ3n) is 3.77. The lowest BCUT2D eigenvalue weighted by molar-refractivity contribution is -0.125. The Labute approximate surface area is 133 Å². The molecule has 112 valence electrons. The average Bonchev–Trinajstić information content (AvgIpc) is 2.84. The van der Waals surface area contributed by atoms with Crippen molar-refractivity contribution >= 4 is 24.4 Å². The summed E-state index contributed by atoms with van der Waals surface area (Å²) >= 11 is 4.00. The molecule has 1 aliphatic heterocycles. The molecular formula is C17H15NO3S. The van der Waals surface area contributed by atoms with Crippen molar-refractivity contribution in [2.75, 3.05) is 5.94 Å². The molecule has 1 N–H and O–H groups in total. The molecule has 2 aromatic carbocycles. The summed E-state index contributed by atoms with van der Waals surface area (Å²) in [5.74, 6) is -0.558. The minimum Gasteiger partial charge on any atom is -0.483 e. The molecule has 2 aromatic rings. The van der Waals surface area contributed by atoms with Crippen molar-refractivity contribution in [3.05, 3.63) is 65.7 Å². The van der Waals surface area contributed by atoms with Gasteiger partial charge in [-0.15, -0.1) is 12.6 Å². The Balaban J connectivity index is 1.95. The van der Waals surface area contributed by atoms with Crippen LogP contribution in [-0.2, 0) is 9.59 Å². The predicted molar refractivity (Wildman–Crippen MR) is 86.0 cm³/mol.